The van der Waals surface area contributed by atoms with Crippen LogP contribution in [0.2, 0.25) is 5.02 Å². The Morgan fingerprint density at radius 1 is 1.28 bits per heavy atom. The van der Waals surface area contributed by atoms with E-state index >= 15 is 0 Å². The number of nitrogens with zero attached hydrogens (tertiary/aromatic N) is 4. The van der Waals surface area contributed by atoms with Crippen LogP contribution in [0.15, 0.2) is 63.3 Å². The van der Waals surface area contributed by atoms with Crippen molar-refractivity contribution in [3.63, 3.8) is 0 Å². The summed E-state index contributed by atoms with van der Waals surface area (Å²) in [6.07, 6.45) is 0. The Balaban J connectivity index is 1.57. The third kappa shape index (κ3) is 5.96. The van der Waals surface area contributed by atoms with E-state index in [1.165, 1.54) is 4.68 Å². The highest BCUT2D eigenvalue weighted by atomic mass is 79.9. The summed E-state index contributed by atoms with van der Waals surface area (Å²) >= 11 is 10.5. The van der Waals surface area contributed by atoms with Crippen molar-refractivity contribution in [2.24, 2.45) is 5.10 Å². The predicted octanol–water partition coefficient (Wildman–Crippen LogP) is 3.97. The fourth-order valence-corrected chi connectivity index (χ4v) is 3.35. The minimum absolute atomic E-state index is 0.114. The fourth-order valence-electron chi connectivity index (χ4n) is 2.23. The lowest BCUT2D eigenvalue weighted by atomic mass is 10.1. The summed E-state index contributed by atoms with van der Waals surface area (Å²) in [6.45, 7) is 1.86. The largest absolute Gasteiger partial charge is 0.334 e. The Bertz CT molecular complexity index is 1040. The van der Waals surface area contributed by atoms with Crippen molar-refractivity contribution in [1.82, 2.24) is 14.9 Å². The van der Waals surface area contributed by atoms with E-state index in [2.05, 4.69) is 42.0 Å². The zero-order chi connectivity index (χ0) is 20.8. The Labute approximate surface area is 185 Å². The maximum absolute atomic E-state index is 12.1. The van der Waals surface area contributed by atoms with E-state index in [4.69, 9.17) is 17.4 Å². The lowest BCUT2D eigenvalue weighted by Gasteiger charge is -2.06. The Morgan fingerprint density at radius 2 is 2.03 bits per heavy atom. The van der Waals surface area contributed by atoms with Crippen LogP contribution in [0.5, 0.6) is 0 Å². The van der Waals surface area contributed by atoms with E-state index in [0.29, 0.717) is 15.9 Å². The van der Waals surface area contributed by atoms with E-state index in [-0.39, 0.29) is 17.6 Å². The predicted molar refractivity (Wildman–Crippen MR) is 121 cm³/mol. The molecule has 150 valence electrons. The SMILES string of the molecule is C/C(=N\Nc1nnc(SCC(=O)Nc2cccc(Cl)c2)n1N)c1ccc(Br)cc1. The van der Waals surface area contributed by atoms with Crippen molar-refractivity contribution in [2.75, 3.05) is 22.3 Å². The van der Waals surface area contributed by atoms with Crippen molar-refractivity contribution in [1.29, 1.82) is 0 Å². The third-order valence-electron chi connectivity index (χ3n) is 3.69. The van der Waals surface area contributed by atoms with Crippen LogP contribution in [0, 0.1) is 0 Å². The third-order valence-corrected chi connectivity index (χ3v) is 5.40. The van der Waals surface area contributed by atoms with Gasteiger partial charge in [-0.1, -0.05) is 57.5 Å². The molecular formula is C18H17BrClN7OS. The first-order chi connectivity index (χ1) is 13.9. The van der Waals surface area contributed by atoms with Crippen LogP contribution in [0.4, 0.5) is 11.6 Å². The van der Waals surface area contributed by atoms with Gasteiger partial charge in [0, 0.05) is 15.2 Å². The van der Waals surface area contributed by atoms with Gasteiger partial charge in [-0.05, 0) is 42.8 Å². The lowest BCUT2D eigenvalue weighted by Crippen LogP contribution is -2.17. The van der Waals surface area contributed by atoms with Crippen molar-refractivity contribution < 1.29 is 4.79 Å². The molecule has 0 saturated carbocycles. The van der Waals surface area contributed by atoms with Crippen LogP contribution in [0.1, 0.15) is 12.5 Å². The summed E-state index contributed by atoms with van der Waals surface area (Å²) in [7, 11) is 0. The number of hydrazone groups is 1. The quantitative estimate of drug-likeness (QED) is 0.198. The lowest BCUT2D eigenvalue weighted by molar-refractivity contribution is -0.113. The number of rotatable bonds is 7. The second-order valence-corrected chi connectivity index (χ2v) is 8.13. The fraction of sp³-hybridized carbons (Fsp3) is 0.111. The molecule has 29 heavy (non-hydrogen) atoms. The summed E-state index contributed by atoms with van der Waals surface area (Å²) in [5, 5.41) is 15.9. The maximum Gasteiger partial charge on any atom is 0.264 e. The van der Waals surface area contributed by atoms with Gasteiger partial charge in [0.15, 0.2) is 0 Å². The molecule has 0 saturated heterocycles. The van der Waals surface area contributed by atoms with Gasteiger partial charge in [0.25, 0.3) is 5.95 Å². The molecule has 0 spiro atoms. The molecule has 8 nitrogen and oxygen atoms in total. The van der Waals surface area contributed by atoms with Crippen molar-refractivity contribution in [3.8, 4) is 0 Å². The van der Waals surface area contributed by atoms with Gasteiger partial charge < -0.3 is 11.2 Å². The topological polar surface area (TPSA) is 110 Å². The van der Waals surface area contributed by atoms with Gasteiger partial charge in [-0.25, -0.2) is 10.1 Å². The molecule has 2 aromatic carbocycles. The second kappa shape index (κ2) is 9.77. The standard InChI is InChI=1S/C18H17BrClN7OS/c1-11(12-5-7-13(19)8-6-12)23-24-17-25-26-18(27(17)21)29-10-16(28)22-15-4-2-3-14(20)9-15/h2-9H,10,21H2,1H3,(H,22,28)(H,24,25)/b23-11+. The number of amides is 1. The van der Waals surface area contributed by atoms with Crippen LogP contribution in [-0.2, 0) is 4.79 Å². The molecule has 4 N–H and O–H groups in total. The van der Waals surface area contributed by atoms with Gasteiger partial charge >= 0.3 is 0 Å². The number of carbonyl (C=O) groups is 1. The minimum atomic E-state index is -0.209. The van der Waals surface area contributed by atoms with Gasteiger partial charge in [0.05, 0.1) is 11.5 Å². The smallest absolute Gasteiger partial charge is 0.264 e. The number of hydrogen-bond donors (Lipinski definition) is 3. The summed E-state index contributed by atoms with van der Waals surface area (Å²) in [5.41, 5.74) is 5.13. The monoisotopic (exact) mass is 493 g/mol. The minimum Gasteiger partial charge on any atom is -0.334 e. The number of halogens is 2. The number of aromatic nitrogens is 3. The first-order valence-electron chi connectivity index (χ1n) is 8.37. The zero-order valence-electron chi connectivity index (χ0n) is 15.3. The van der Waals surface area contributed by atoms with Crippen LogP contribution < -0.4 is 16.6 Å². The van der Waals surface area contributed by atoms with E-state index in [1.54, 1.807) is 24.3 Å². The van der Waals surface area contributed by atoms with Gasteiger partial charge in [-0.15, -0.1) is 10.2 Å². The van der Waals surface area contributed by atoms with E-state index in [0.717, 1.165) is 27.5 Å². The number of anilines is 2. The summed E-state index contributed by atoms with van der Waals surface area (Å²) in [4.78, 5) is 12.1. The van der Waals surface area contributed by atoms with Crippen LogP contribution >= 0.6 is 39.3 Å². The maximum atomic E-state index is 12.1. The molecule has 0 aliphatic rings. The molecule has 0 unspecified atom stereocenters. The molecule has 0 atom stereocenters. The first kappa shape index (κ1) is 21.2. The van der Waals surface area contributed by atoms with Crippen LogP contribution in [0.3, 0.4) is 0 Å². The highest BCUT2D eigenvalue weighted by Crippen LogP contribution is 2.19. The summed E-state index contributed by atoms with van der Waals surface area (Å²) < 4.78 is 2.24. The first-order valence-corrected chi connectivity index (χ1v) is 10.5. The molecule has 0 aliphatic heterocycles. The Kier molecular flexibility index (Phi) is 7.13. The van der Waals surface area contributed by atoms with E-state index < -0.39 is 0 Å². The number of hydrogen-bond acceptors (Lipinski definition) is 7. The molecule has 3 aromatic rings. The normalized spacial score (nSPS) is 11.3. The number of nitrogens with one attached hydrogen (secondary N) is 2. The zero-order valence-corrected chi connectivity index (χ0v) is 18.4. The van der Waals surface area contributed by atoms with E-state index in [1.807, 2.05) is 31.2 Å². The highest BCUT2D eigenvalue weighted by Gasteiger charge is 2.12. The van der Waals surface area contributed by atoms with Crippen LogP contribution in [-0.4, -0.2) is 32.2 Å². The summed E-state index contributed by atoms with van der Waals surface area (Å²) in [6, 6.07) is 14.7. The number of carbonyl (C=O) groups excluding carboxylic acids is 1. The average molecular weight is 495 g/mol. The molecule has 11 heteroatoms. The molecular weight excluding hydrogens is 478 g/mol. The number of nitrogens with two attached hydrogens (primary N) is 1. The number of thioether (sulfide) groups is 1. The van der Waals surface area contributed by atoms with Crippen molar-refractivity contribution in [2.45, 2.75) is 12.1 Å². The second-order valence-electron chi connectivity index (χ2n) is 5.84. The molecule has 1 heterocycles. The molecule has 1 aromatic heterocycles. The van der Waals surface area contributed by atoms with Crippen LogP contribution in [0.25, 0.3) is 0 Å². The Morgan fingerprint density at radius 3 is 2.76 bits per heavy atom. The van der Waals surface area contributed by atoms with Crippen molar-refractivity contribution >= 4 is 62.5 Å². The van der Waals surface area contributed by atoms with Gasteiger partial charge in [0.1, 0.15) is 0 Å². The summed E-state index contributed by atoms with van der Waals surface area (Å²) in [5.74, 6) is 6.16. The van der Waals surface area contributed by atoms with Gasteiger partial charge in [0.2, 0.25) is 11.1 Å². The number of nitrogen functional groups attached to an aromatic ring is 1. The average Bonchev–Trinajstić information content (AvgIpc) is 3.04. The Hall–Kier alpha value is -2.56. The highest BCUT2D eigenvalue weighted by molar-refractivity contribution is 9.10. The molecule has 0 aliphatic carbocycles. The molecule has 0 bridgehead atoms. The van der Waals surface area contributed by atoms with Crippen molar-refractivity contribution in [3.05, 3.63) is 63.6 Å². The van der Waals surface area contributed by atoms with Gasteiger partial charge in [-0.3, -0.25) is 4.79 Å². The van der Waals surface area contributed by atoms with Gasteiger partial charge in [-0.2, -0.15) is 5.10 Å². The molecule has 0 radical (unpaired) electrons. The molecule has 3 rings (SSSR count). The van der Waals surface area contributed by atoms with E-state index in [9.17, 15) is 4.79 Å². The number of benzene rings is 2. The molecule has 0 fully saturated rings. The molecule has 1 amide bonds.